The number of hydrogen-bond acceptors (Lipinski definition) is 4. The maximum Gasteiger partial charge on any atom is 0.330 e. The molecule has 0 saturated heterocycles. The highest BCUT2D eigenvalue weighted by atomic mass is 35.5. The van der Waals surface area contributed by atoms with Crippen molar-refractivity contribution in [1.82, 2.24) is 0 Å². The van der Waals surface area contributed by atoms with Crippen molar-refractivity contribution >= 4 is 47.0 Å². The molecule has 0 spiro atoms. The van der Waals surface area contributed by atoms with Crippen molar-refractivity contribution in [2.45, 2.75) is 11.8 Å². The van der Waals surface area contributed by atoms with Crippen molar-refractivity contribution in [1.29, 1.82) is 0 Å². The minimum Gasteiger partial charge on any atom is -0.463 e. The van der Waals surface area contributed by atoms with Crippen LogP contribution in [0.25, 0.3) is 6.08 Å². The number of ether oxygens (including phenoxy) is 1. The minimum atomic E-state index is -0.376. The van der Waals surface area contributed by atoms with Crippen molar-refractivity contribution in [3.8, 4) is 0 Å². The number of benzene rings is 2. The van der Waals surface area contributed by atoms with Gasteiger partial charge in [0.1, 0.15) is 0 Å². The predicted octanol–water partition coefficient (Wildman–Crippen LogP) is 4.65. The first-order chi connectivity index (χ1) is 12.1. The third kappa shape index (κ3) is 7.03. The first kappa shape index (κ1) is 19.1. The Kier molecular flexibility index (Phi) is 7.57. The SMILES string of the molecule is CCOC(=O)/C=C/c1ccc(NC(=O)CSc2ccc(Cl)cc2)cc1. The molecule has 0 atom stereocenters. The van der Waals surface area contributed by atoms with Gasteiger partial charge in [-0.15, -0.1) is 11.8 Å². The van der Waals surface area contributed by atoms with Crippen LogP contribution in [0.15, 0.2) is 59.5 Å². The zero-order valence-corrected chi connectivity index (χ0v) is 15.3. The maximum absolute atomic E-state index is 12.0. The molecular weight excluding hydrogens is 358 g/mol. The number of esters is 1. The zero-order chi connectivity index (χ0) is 18.1. The lowest BCUT2D eigenvalue weighted by molar-refractivity contribution is -0.137. The maximum atomic E-state index is 12.0. The van der Waals surface area contributed by atoms with Crippen LogP contribution >= 0.6 is 23.4 Å². The zero-order valence-electron chi connectivity index (χ0n) is 13.7. The van der Waals surface area contributed by atoms with Crippen LogP contribution < -0.4 is 5.32 Å². The fraction of sp³-hybridized carbons (Fsp3) is 0.158. The van der Waals surface area contributed by atoms with Gasteiger partial charge >= 0.3 is 5.97 Å². The Morgan fingerprint density at radius 1 is 1.12 bits per heavy atom. The summed E-state index contributed by atoms with van der Waals surface area (Å²) in [6, 6.07) is 14.6. The van der Waals surface area contributed by atoms with E-state index in [9.17, 15) is 9.59 Å². The van der Waals surface area contributed by atoms with Crippen LogP contribution in [-0.4, -0.2) is 24.2 Å². The van der Waals surface area contributed by atoms with Crippen molar-refractivity contribution in [3.63, 3.8) is 0 Å². The number of thioether (sulfide) groups is 1. The number of nitrogens with one attached hydrogen (secondary N) is 1. The molecule has 0 bridgehead atoms. The number of anilines is 1. The van der Waals surface area contributed by atoms with E-state index in [4.69, 9.17) is 16.3 Å². The van der Waals surface area contributed by atoms with Gasteiger partial charge in [-0.05, 0) is 55.0 Å². The Bertz CT molecular complexity index is 742. The van der Waals surface area contributed by atoms with Crippen LogP contribution in [0.2, 0.25) is 5.02 Å². The van der Waals surface area contributed by atoms with E-state index in [-0.39, 0.29) is 11.9 Å². The van der Waals surface area contributed by atoms with Gasteiger partial charge in [-0.25, -0.2) is 4.79 Å². The van der Waals surface area contributed by atoms with Gasteiger partial charge in [0, 0.05) is 21.7 Å². The van der Waals surface area contributed by atoms with E-state index < -0.39 is 0 Å². The van der Waals surface area contributed by atoms with Crippen molar-refractivity contribution < 1.29 is 14.3 Å². The van der Waals surface area contributed by atoms with Crippen LogP contribution in [0.1, 0.15) is 12.5 Å². The second-order valence-corrected chi connectivity index (χ2v) is 6.48. The lowest BCUT2D eigenvalue weighted by Gasteiger charge is -2.06. The number of hydrogen-bond donors (Lipinski definition) is 1. The minimum absolute atomic E-state index is 0.0882. The largest absolute Gasteiger partial charge is 0.463 e. The Morgan fingerprint density at radius 2 is 1.80 bits per heavy atom. The van der Waals surface area contributed by atoms with E-state index in [2.05, 4.69) is 5.32 Å². The molecular formula is C19H18ClNO3S. The van der Waals surface area contributed by atoms with Gasteiger partial charge in [-0.3, -0.25) is 4.79 Å². The first-order valence-electron chi connectivity index (χ1n) is 7.70. The lowest BCUT2D eigenvalue weighted by Crippen LogP contribution is -2.13. The van der Waals surface area contributed by atoms with Gasteiger partial charge in [-0.1, -0.05) is 23.7 Å². The fourth-order valence-electron chi connectivity index (χ4n) is 1.91. The average molecular weight is 376 g/mol. The summed E-state index contributed by atoms with van der Waals surface area (Å²) >= 11 is 7.27. The van der Waals surface area contributed by atoms with Gasteiger partial charge in [0.05, 0.1) is 12.4 Å². The van der Waals surface area contributed by atoms with Gasteiger partial charge in [0.15, 0.2) is 0 Å². The molecule has 0 unspecified atom stereocenters. The quantitative estimate of drug-likeness (QED) is 0.435. The van der Waals surface area contributed by atoms with E-state index in [0.717, 1.165) is 10.5 Å². The molecule has 0 aliphatic rings. The number of carbonyl (C=O) groups excluding carboxylic acids is 2. The monoisotopic (exact) mass is 375 g/mol. The molecule has 0 radical (unpaired) electrons. The van der Waals surface area contributed by atoms with Gasteiger partial charge in [-0.2, -0.15) is 0 Å². The molecule has 1 N–H and O–H groups in total. The molecule has 2 aromatic rings. The van der Waals surface area contributed by atoms with E-state index in [0.29, 0.717) is 23.1 Å². The summed E-state index contributed by atoms with van der Waals surface area (Å²) in [7, 11) is 0. The van der Waals surface area contributed by atoms with Crippen molar-refractivity contribution in [2.75, 3.05) is 17.7 Å². The molecule has 0 fully saturated rings. The van der Waals surface area contributed by atoms with Crippen LogP contribution in [-0.2, 0) is 14.3 Å². The molecule has 2 aromatic carbocycles. The molecule has 2 rings (SSSR count). The Hall–Kier alpha value is -2.24. The van der Waals surface area contributed by atoms with E-state index in [1.165, 1.54) is 17.8 Å². The smallest absolute Gasteiger partial charge is 0.330 e. The van der Waals surface area contributed by atoms with Crippen LogP contribution in [0.3, 0.4) is 0 Å². The fourth-order valence-corrected chi connectivity index (χ4v) is 2.73. The molecule has 4 nitrogen and oxygen atoms in total. The molecule has 130 valence electrons. The average Bonchev–Trinajstić information content (AvgIpc) is 2.61. The summed E-state index contributed by atoms with van der Waals surface area (Å²) in [6.07, 6.45) is 3.04. The van der Waals surface area contributed by atoms with E-state index in [1.807, 2.05) is 24.3 Å². The molecule has 1 amide bonds. The molecule has 0 aliphatic heterocycles. The van der Waals surface area contributed by atoms with Crippen molar-refractivity contribution in [2.24, 2.45) is 0 Å². The molecule has 0 heterocycles. The second-order valence-electron chi connectivity index (χ2n) is 5.00. The van der Waals surface area contributed by atoms with E-state index in [1.54, 1.807) is 37.3 Å². The van der Waals surface area contributed by atoms with Gasteiger partial charge in [0.25, 0.3) is 0 Å². The normalized spacial score (nSPS) is 10.6. The number of halogens is 1. The van der Waals surface area contributed by atoms with Crippen LogP contribution in [0.5, 0.6) is 0 Å². The highest BCUT2D eigenvalue weighted by Crippen LogP contribution is 2.20. The lowest BCUT2D eigenvalue weighted by atomic mass is 10.2. The predicted molar refractivity (Wildman–Crippen MR) is 103 cm³/mol. The third-order valence-corrected chi connectivity index (χ3v) is 4.34. The number of carbonyl (C=O) groups is 2. The number of rotatable bonds is 7. The summed E-state index contributed by atoms with van der Waals surface area (Å²) in [5.41, 5.74) is 1.55. The van der Waals surface area contributed by atoms with Crippen molar-refractivity contribution in [3.05, 3.63) is 65.2 Å². The summed E-state index contributed by atoms with van der Waals surface area (Å²) < 4.78 is 4.82. The highest BCUT2D eigenvalue weighted by Gasteiger charge is 2.04. The topological polar surface area (TPSA) is 55.4 Å². The molecule has 25 heavy (non-hydrogen) atoms. The second kappa shape index (κ2) is 9.91. The Morgan fingerprint density at radius 3 is 2.44 bits per heavy atom. The number of amides is 1. The molecule has 0 aliphatic carbocycles. The van der Waals surface area contributed by atoms with Crippen LogP contribution in [0, 0.1) is 0 Å². The Labute approximate surface area is 156 Å². The van der Waals surface area contributed by atoms with Crippen LogP contribution in [0.4, 0.5) is 5.69 Å². The Balaban J connectivity index is 1.82. The summed E-state index contributed by atoms with van der Waals surface area (Å²) in [4.78, 5) is 24.2. The summed E-state index contributed by atoms with van der Waals surface area (Å²) in [5, 5.41) is 3.51. The standard InChI is InChI=1S/C19H18ClNO3S/c1-2-24-19(23)12-5-14-3-8-16(9-4-14)21-18(22)13-25-17-10-6-15(20)7-11-17/h3-12H,2,13H2,1H3,(H,21,22)/b12-5+. The molecule has 6 heteroatoms. The summed E-state index contributed by atoms with van der Waals surface area (Å²) in [5.74, 6) is -0.152. The summed E-state index contributed by atoms with van der Waals surface area (Å²) in [6.45, 7) is 2.11. The van der Waals surface area contributed by atoms with Gasteiger partial charge < -0.3 is 10.1 Å². The molecule has 0 aromatic heterocycles. The highest BCUT2D eigenvalue weighted by molar-refractivity contribution is 8.00. The molecule has 0 saturated carbocycles. The van der Waals surface area contributed by atoms with Gasteiger partial charge in [0.2, 0.25) is 5.91 Å². The third-order valence-electron chi connectivity index (χ3n) is 3.08. The first-order valence-corrected chi connectivity index (χ1v) is 9.06. The van der Waals surface area contributed by atoms with E-state index >= 15 is 0 Å².